The van der Waals surface area contributed by atoms with Crippen molar-refractivity contribution in [2.45, 2.75) is 20.4 Å². The Balaban J connectivity index is 2.26. The average molecular weight is 265 g/mol. The third-order valence-electron chi connectivity index (χ3n) is 2.24. The van der Waals surface area contributed by atoms with Gasteiger partial charge in [-0.25, -0.2) is 4.98 Å². The summed E-state index contributed by atoms with van der Waals surface area (Å²) in [7, 11) is 0. The van der Waals surface area contributed by atoms with Crippen LogP contribution >= 0.6 is 0 Å². The molecule has 2 rings (SSSR count). The Kier molecular flexibility index (Phi) is 3.23. The van der Waals surface area contributed by atoms with Gasteiger partial charge in [-0.1, -0.05) is 5.16 Å². The molecular weight excluding hydrogens is 254 g/mol. The highest BCUT2D eigenvalue weighted by Gasteiger charge is 2.21. The molecule has 0 aliphatic heterocycles. The zero-order valence-electron chi connectivity index (χ0n) is 10.2. The summed E-state index contributed by atoms with van der Waals surface area (Å²) in [6, 6.07) is 0. The number of nitrogen functional groups attached to an aromatic ring is 1. The van der Waals surface area contributed by atoms with Crippen LogP contribution in [-0.4, -0.2) is 25.0 Å². The Hall–Kier alpha value is -2.78. The maximum absolute atomic E-state index is 11.0. The molecule has 0 radical (unpaired) electrons. The Labute approximate surface area is 107 Å². The second kappa shape index (κ2) is 4.84. The molecule has 10 heteroatoms. The van der Waals surface area contributed by atoms with Gasteiger partial charge < -0.3 is 15.6 Å². The van der Waals surface area contributed by atoms with Gasteiger partial charge in [0.05, 0.1) is 11.5 Å². The van der Waals surface area contributed by atoms with Crippen LogP contribution in [0.5, 0.6) is 0 Å². The molecule has 0 spiro atoms. The van der Waals surface area contributed by atoms with E-state index in [2.05, 4.69) is 25.4 Å². The first-order chi connectivity index (χ1) is 8.97. The molecule has 2 aromatic rings. The predicted octanol–water partition coefficient (Wildman–Crippen LogP) is 0.579. The molecule has 0 aromatic carbocycles. The van der Waals surface area contributed by atoms with Crippen LogP contribution in [0, 0.1) is 24.0 Å². The molecule has 0 amide bonds. The van der Waals surface area contributed by atoms with Gasteiger partial charge in [-0.15, -0.1) is 0 Å². The van der Waals surface area contributed by atoms with Crippen molar-refractivity contribution >= 4 is 17.5 Å². The Morgan fingerprint density at radius 3 is 2.68 bits per heavy atom. The zero-order valence-corrected chi connectivity index (χ0v) is 10.2. The third kappa shape index (κ3) is 2.73. The molecule has 0 saturated carbocycles. The van der Waals surface area contributed by atoms with Crippen LogP contribution in [-0.2, 0) is 6.54 Å². The summed E-state index contributed by atoms with van der Waals surface area (Å²) in [5.74, 6) is 0.749. The van der Waals surface area contributed by atoms with Crippen molar-refractivity contribution in [2.24, 2.45) is 0 Å². The van der Waals surface area contributed by atoms with Crippen molar-refractivity contribution in [3.05, 3.63) is 27.5 Å². The minimum Gasteiger partial charge on any atom is -0.368 e. The molecule has 0 saturated heterocycles. The lowest BCUT2D eigenvalue weighted by molar-refractivity contribution is -0.385. The van der Waals surface area contributed by atoms with Gasteiger partial charge in [0.25, 0.3) is 0 Å². The summed E-state index contributed by atoms with van der Waals surface area (Å²) in [4.78, 5) is 21.9. The molecule has 0 aliphatic rings. The number of nitrogens with zero attached hydrogens (tertiary/aromatic N) is 5. The number of anilines is 2. The lowest BCUT2D eigenvalue weighted by atomic mass is 10.3. The highest BCUT2D eigenvalue weighted by Crippen LogP contribution is 2.25. The van der Waals surface area contributed by atoms with E-state index in [9.17, 15) is 10.1 Å². The van der Waals surface area contributed by atoms with Crippen LogP contribution in [0.2, 0.25) is 0 Å². The van der Waals surface area contributed by atoms with Crippen LogP contribution in [0.4, 0.5) is 17.5 Å². The second-order valence-electron chi connectivity index (χ2n) is 3.70. The summed E-state index contributed by atoms with van der Waals surface area (Å²) in [6.45, 7) is 3.26. The molecule has 2 aromatic heterocycles. The highest BCUT2D eigenvalue weighted by atomic mass is 16.6. The molecule has 100 valence electrons. The summed E-state index contributed by atoms with van der Waals surface area (Å²) >= 11 is 0. The number of hydrogen-bond donors (Lipinski definition) is 2. The maximum atomic E-state index is 11.0. The van der Waals surface area contributed by atoms with Crippen LogP contribution in [0.15, 0.2) is 4.52 Å². The van der Waals surface area contributed by atoms with E-state index >= 15 is 0 Å². The minimum atomic E-state index is -0.571. The Morgan fingerprint density at radius 1 is 1.37 bits per heavy atom. The Morgan fingerprint density at radius 2 is 2.11 bits per heavy atom. The smallest absolute Gasteiger partial charge is 0.332 e. The number of nitrogens with one attached hydrogen (secondary N) is 1. The van der Waals surface area contributed by atoms with Crippen molar-refractivity contribution in [2.75, 3.05) is 11.1 Å². The standard InChI is InChI=1S/C9H11N7O3/c1-4-7(16(17)18)8(14-9(10)12-4)11-3-6-13-5(2)19-15-6/h3H2,1-2H3,(H3,10,11,12,14). The summed E-state index contributed by atoms with van der Waals surface area (Å²) < 4.78 is 4.79. The van der Waals surface area contributed by atoms with Crippen molar-refractivity contribution in [1.29, 1.82) is 0 Å². The maximum Gasteiger partial charge on any atom is 0.332 e. The first kappa shape index (κ1) is 12.7. The first-order valence-electron chi connectivity index (χ1n) is 5.29. The summed E-state index contributed by atoms with van der Waals surface area (Å²) in [5.41, 5.74) is 5.42. The molecular formula is C9H11N7O3. The van der Waals surface area contributed by atoms with E-state index in [0.717, 1.165) is 0 Å². The van der Waals surface area contributed by atoms with Gasteiger partial charge in [0.1, 0.15) is 5.69 Å². The van der Waals surface area contributed by atoms with Gasteiger partial charge in [-0.2, -0.15) is 9.97 Å². The molecule has 2 heterocycles. The molecule has 0 fully saturated rings. The van der Waals surface area contributed by atoms with Crippen molar-refractivity contribution < 1.29 is 9.45 Å². The number of aryl methyl sites for hydroxylation is 2. The number of hydrogen-bond acceptors (Lipinski definition) is 9. The number of rotatable bonds is 4. The zero-order chi connectivity index (χ0) is 14.0. The van der Waals surface area contributed by atoms with Crippen molar-refractivity contribution in [3.8, 4) is 0 Å². The fourth-order valence-corrected chi connectivity index (χ4v) is 1.51. The van der Waals surface area contributed by atoms with Crippen LogP contribution < -0.4 is 11.1 Å². The topological polar surface area (TPSA) is 146 Å². The van der Waals surface area contributed by atoms with Crippen molar-refractivity contribution in [3.63, 3.8) is 0 Å². The number of aromatic nitrogens is 4. The first-order valence-corrected chi connectivity index (χ1v) is 5.29. The van der Waals surface area contributed by atoms with Gasteiger partial charge in [0.2, 0.25) is 17.7 Å². The third-order valence-corrected chi connectivity index (χ3v) is 2.24. The quantitative estimate of drug-likeness (QED) is 0.598. The molecule has 10 nitrogen and oxygen atoms in total. The van der Waals surface area contributed by atoms with Crippen LogP contribution in [0.3, 0.4) is 0 Å². The summed E-state index contributed by atoms with van der Waals surface area (Å²) in [6.07, 6.45) is 0. The normalized spacial score (nSPS) is 10.4. The Bertz CT molecular complexity index is 624. The van der Waals surface area contributed by atoms with E-state index in [4.69, 9.17) is 10.3 Å². The molecule has 0 unspecified atom stereocenters. The van der Waals surface area contributed by atoms with E-state index in [-0.39, 0.29) is 29.7 Å². The fraction of sp³-hybridized carbons (Fsp3) is 0.333. The fourth-order valence-electron chi connectivity index (χ4n) is 1.51. The van der Waals surface area contributed by atoms with E-state index < -0.39 is 4.92 Å². The van der Waals surface area contributed by atoms with E-state index in [0.29, 0.717) is 11.7 Å². The van der Waals surface area contributed by atoms with E-state index in [1.54, 1.807) is 6.92 Å². The molecule has 19 heavy (non-hydrogen) atoms. The van der Waals surface area contributed by atoms with Gasteiger partial charge in [0.15, 0.2) is 5.82 Å². The average Bonchev–Trinajstić information content (AvgIpc) is 2.71. The van der Waals surface area contributed by atoms with Crippen LogP contribution in [0.1, 0.15) is 17.4 Å². The predicted molar refractivity (Wildman–Crippen MR) is 64.2 cm³/mol. The second-order valence-corrected chi connectivity index (χ2v) is 3.70. The molecule has 3 N–H and O–H groups in total. The SMILES string of the molecule is Cc1nc(CNc2nc(N)nc(C)c2[N+](=O)[O-])no1. The monoisotopic (exact) mass is 265 g/mol. The van der Waals surface area contributed by atoms with Gasteiger partial charge in [-0.3, -0.25) is 10.1 Å². The largest absolute Gasteiger partial charge is 0.368 e. The minimum absolute atomic E-state index is 0.0254. The molecule has 0 aliphatic carbocycles. The van der Waals surface area contributed by atoms with E-state index in [1.165, 1.54) is 6.92 Å². The van der Waals surface area contributed by atoms with E-state index in [1.807, 2.05) is 0 Å². The van der Waals surface area contributed by atoms with Gasteiger partial charge in [0, 0.05) is 6.92 Å². The lowest BCUT2D eigenvalue weighted by Crippen LogP contribution is -2.10. The molecule has 0 atom stereocenters. The van der Waals surface area contributed by atoms with Gasteiger partial charge >= 0.3 is 5.69 Å². The molecule has 0 bridgehead atoms. The lowest BCUT2D eigenvalue weighted by Gasteiger charge is -2.06. The van der Waals surface area contributed by atoms with Crippen LogP contribution in [0.25, 0.3) is 0 Å². The number of nitro groups is 1. The van der Waals surface area contributed by atoms with Gasteiger partial charge in [-0.05, 0) is 6.92 Å². The van der Waals surface area contributed by atoms with Crippen molar-refractivity contribution in [1.82, 2.24) is 20.1 Å². The highest BCUT2D eigenvalue weighted by molar-refractivity contribution is 5.60. The number of nitrogens with two attached hydrogens (primary N) is 1. The summed E-state index contributed by atoms with van der Waals surface area (Å²) in [5, 5.41) is 17.4.